The van der Waals surface area contributed by atoms with Gasteiger partial charge in [0, 0.05) is 50.9 Å². The number of aromatic nitrogens is 2. The molecule has 14 heteroatoms. The Morgan fingerprint density at radius 3 is 2.40 bits per heavy atom. The van der Waals surface area contributed by atoms with Gasteiger partial charge in [-0.1, -0.05) is 11.6 Å². The average molecular weight is 647 g/mol. The van der Waals surface area contributed by atoms with Gasteiger partial charge >= 0.3 is 0 Å². The molecule has 2 heterocycles. The molecule has 0 unspecified atom stereocenters. The van der Waals surface area contributed by atoms with Crippen molar-refractivity contribution in [3.05, 3.63) is 64.6 Å². The summed E-state index contributed by atoms with van der Waals surface area (Å²) in [5, 5.41) is 12.9. The monoisotopic (exact) mass is 646 g/mol. The minimum absolute atomic E-state index is 0.0507. The minimum atomic E-state index is -1.15. The number of hydrogen-bond donors (Lipinski definition) is 2. The Balaban J connectivity index is 1.33. The van der Waals surface area contributed by atoms with Gasteiger partial charge in [-0.05, 0) is 63.8 Å². The van der Waals surface area contributed by atoms with Crippen molar-refractivity contribution in [2.75, 3.05) is 59.2 Å². The number of nitrogens with zero attached hydrogens (tertiary/aromatic N) is 5. The van der Waals surface area contributed by atoms with E-state index in [2.05, 4.69) is 10.3 Å². The van der Waals surface area contributed by atoms with Crippen molar-refractivity contribution >= 4 is 35.0 Å². The van der Waals surface area contributed by atoms with Crippen LogP contribution in [0.5, 0.6) is 5.75 Å². The van der Waals surface area contributed by atoms with Crippen molar-refractivity contribution in [1.82, 2.24) is 24.3 Å². The Labute approximate surface area is 265 Å². The Hall–Kier alpha value is -4.07. The number of nitrogens with one attached hydrogen (secondary N) is 1. The van der Waals surface area contributed by atoms with Crippen LogP contribution in [0.3, 0.4) is 0 Å². The number of halogens is 3. The predicted octanol–water partition coefficient (Wildman–Crippen LogP) is 3.66. The number of benzene rings is 2. The second-order valence-electron chi connectivity index (χ2n) is 11.1. The number of ether oxygens (including phenoxy) is 1. The van der Waals surface area contributed by atoms with Crippen molar-refractivity contribution < 1.29 is 33.0 Å². The van der Waals surface area contributed by atoms with Gasteiger partial charge in [-0.25, -0.2) is 9.37 Å². The first-order chi connectivity index (χ1) is 21.4. The van der Waals surface area contributed by atoms with Crippen LogP contribution in [0.25, 0.3) is 11.3 Å². The summed E-state index contributed by atoms with van der Waals surface area (Å²) in [6.07, 6.45) is 1.97. The Kier molecular flexibility index (Phi) is 11.1. The van der Waals surface area contributed by atoms with E-state index in [0.717, 1.165) is 6.54 Å². The molecule has 45 heavy (non-hydrogen) atoms. The number of amides is 3. The van der Waals surface area contributed by atoms with Crippen LogP contribution in [-0.4, -0.2) is 107 Å². The minimum Gasteiger partial charge on any atom is -0.494 e. The average Bonchev–Trinajstić information content (AvgIpc) is 3.40. The summed E-state index contributed by atoms with van der Waals surface area (Å²) in [7, 11) is 6.58. The highest BCUT2D eigenvalue weighted by molar-refractivity contribution is 6.34. The molecular weight excluding hydrogens is 610 g/mol. The van der Waals surface area contributed by atoms with Crippen LogP contribution in [0, 0.1) is 11.6 Å². The number of aliphatic hydroxyl groups excluding tert-OH is 1. The zero-order valence-corrected chi connectivity index (χ0v) is 26.4. The highest BCUT2D eigenvalue weighted by atomic mass is 35.5. The molecule has 0 aliphatic carbocycles. The number of carbonyl (C=O) groups is 3. The maximum atomic E-state index is 14.6. The molecule has 4 rings (SSSR count). The molecular formula is C31H37ClF2N6O5. The van der Waals surface area contributed by atoms with Crippen LogP contribution < -0.4 is 10.1 Å². The first-order valence-electron chi connectivity index (χ1n) is 14.5. The molecule has 2 N–H and O–H groups in total. The fourth-order valence-electron chi connectivity index (χ4n) is 5.04. The molecule has 11 nitrogen and oxygen atoms in total. The van der Waals surface area contributed by atoms with Crippen LogP contribution in [0.1, 0.15) is 40.2 Å². The standard InChI is InChI=1S/C31H37ClF2N6O5/c1-37(2)12-11-20(41)6-10-26(42)39-13-15-40(16-14-39)31(44)21-7-5-19(17-23(21)32)36-30(43)29-35-18-24(38(29)3)22-8-9-25(45-4)28(34)27(22)33/h5,7-9,17-18,20,41H,6,10-16H2,1-4H3,(H,36,43)/t20-/m0/s1. The van der Waals surface area contributed by atoms with Crippen molar-refractivity contribution in [2.24, 2.45) is 7.05 Å². The first kappa shape index (κ1) is 33.8. The lowest BCUT2D eigenvalue weighted by Crippen LogP contribution is -2.50. The molecule has 0 radical (unpaired) electrons. The lowest BCUT2D eigenvalue weighted by molar-refractivity contribution is -0.133. The third-order valence-electron chi connectivity index (χ3n) is 7.71. The zero-order chi connectivity index (χ0) is 32.8. The molecule has 1 aliphatic heterocycles. The summed E-state index contributed by atoms with van der Waals surface area (Å²) in [5.41, 5.74) is 0.635. The molecule has 3 amide bonds. The van der Waals surface area contributed by atoms with Crippen molar-refractivity contribution in [2.45, 2.75) is 25.4 Å². The molecule has 3 aromatic rings. The van der Waals surface area contributed by atoms with E-state index in [0.29, 0.717) is 44.7 Å². The number of aliphatic hydroxyl groups is 1. The normalized spacial score (nSPS) is 14.1. The molecule has 1 aromatic heterocycles. The van der Waals surface area contributed by atoms with Crippen LogP contribution in [-0.2, 0) is 11.8 Å². The maximum Gasteiger partial charge on any atom is 0.291 e. The van der Waals surface area contributed by atoms with Crippen LogP contribution in [0.4, 0.5) is 14.5 Å². The van der Waals surface area contributed by atoms with Gasteiger partial charge in [0.05, 0.1) is 35.7 Å². The van der Waals surface area contributed by atoms with E-state index < -0.39 is 23.6 Å². The third kappa shape index (κ3) is 7.96. The van der Waals surface area contributed by atoms with Crippen LogP contribution in [0.2, 0.25) is 5.02 Å². The summed E-state index contributed by atoms with van der Waals surface area (Å²) in [6, 6.07) is 7.10. The number of rotatable bonds is 11. The van der Waals surface area contributed by atoms with Gasteiger partial charge in [0.15, 0.2) is 17.4 Å². The van der Waals surface area contributed by atoms with Crippen LogP contribution >= 0.6 is 11.6 Å². The molecule has 0 spiro atoms. The van der Waals surface area contributed by atoms with Gasteiger partial charge in [0.1, 0.15) is 0 Å². The van der Waals surface area contributed by atoms with E-state index in [1.54, 1.807) is 9.80 Å². The summed E-state index contributed by atoms with van der Waals surface area (Å²) in [6.45, 7) is 2.17. The SMILES string of the molecule is COc1ccc(-c2cnc(C(=O)Nc3ccc(C(=O)N4CCN(C(=O)CC[C@H](O)CCN(C)C)CC4)c(Cl)c3)n2C)c(F)c1F. The molecule has 0 saturated carbocycles. The number of carbonyl (C=O) groups excluding carboxylic acids is 3. The summed E-state index contributed by atoms with van der Waals surface area (Å²) < 4.78 is 35.0. The van der Waals surface area contributed by atoms with E-state index in [4.69, 9.17) is 16.3 Å². The largest absolute Gasteiger partial charge is 0.494 e. The summed E-state index contributed by atoms with van der Waals surface area (Å²) >= 11 is 6.44. The molecule has 1 atom stereocenters. The van der Waals surface area contributed by atoms with E-state index in [-0.39, 0.29) is 51.7 Å². The fraction of sp³-hybridized carbons (Fsp3) is 0.419. The number of methoxy groups -OCH3 is 1. The third-order valence-corrected chi connectivity index (χ3v) is 8.02. The van der Waals surface area contributed by atoms with Gasteiger partial charge in [-0.2, -0.15) is 4.39 Å². The van der Waals surface area contributed by atoms with Gasteiger partial charge in [0.25, 0.3) is 11.8 Å². The summed E-state index contributed by atoms with van der Waals surface area (Å²) in [4.78, 5) is 48.2. The Morgan fingerprint density at radius 2 is 1.76 bits per heavy atom. The maximum absolute atomic E-state index is 14.6. The highest BCUT2D eigenvalue weighted by Gasteiger charge is 2.27. The van der Waals surface area contributed by atoms with Gasteiger partial charge in [-0.3, -0.25) is 14.4 Å². The predicted molar refractivity (Wildman–Crippen MR) is 165 cm³/mol. The number of imidazole rings is 1. The van der Waals surface area contributed by atoms with Crippen molar-refractivity contribution in [3.63, 3.8) is 0 Å². The smallest absolute Gasteiger partial charge is 0.291 e. The molecule has 2 aromatic carbocycles. The highest BCUT2D eigenvalue weighted by Crippen LogP contribution is 2.30. The number of hydrogen-bond acceptors (Lipinski definition) is 7. The second kappa shape index (κ2) is 14.8. The van der Waals surface area contributed by atoms with E-state index >= 15 is 0 Å². The van der Waals surface area contributed by atoms with Crippen LogP contribution in [0.15, 0.2) is 36.5 Å². The fourth-order valence-corrected chi connectivity index (χ4v) is 5.30. The lowest BCUT2D eigenvalue weighted by atomic mass is 10.1. The quantitative estimate of drug-likeness (QED) is 0.326. The summed E-state index contributed by atoms with van der Waals surface area (Å²) in [5.74, 6) is -3.56. The van der Waals surface area contributed by atoms with Gasteiger partial charge < -0.3 is 34.4 Å². The number of anilines is 1. The van der Waals surface area contributed by atoms with Gasteiger partial charge in [0.2, 0.25) is 11.7 Å². The molecule has 1 fully saturated rings. The van der Waals surface area contributed by atoms with Crippen molar-refractivity contribution in [1.29, 1.82) is 0 Å². The topological polar surface area (TPSA) is 120 Å². The van der Waals surface area contributed by atoms with E-state index in [1.165, 1.54) is 55.3 Å². The zero-order valence-electron chi connectivity index (χ0n) is 25.6. The molecule has 0 bridgehead atoms. The van der Waals surface area contributed by atoms with E-state index in [9.17, 15) is 28.3 Å². The van der Waals surface area contributed by atoms with Crippen molar-refractivity contribution in [3.8, 4) is 17.0 Å². The molecule has 242 valence electrons. The first-order valence-corrected chi connectivity index (χ1v) is 14.8. The Bertz CT molecular complexity index is 1560. The lowest BCUT2D eigenvalue weighted by Gasteiger charge is -2.35. The van der Waals surface area contributed by atoms with Gasteiger partial charge in [-0.15, -0.1) is 0 Å². The Morgan fingerprint density at radius 1 is 1.07 bits per heavy atom. The molecule has 1 saturated heterocycles. The number of piperazine rings is 1. The van der Waals surface area contributed by atoms with E-state index in [1.807, 2.05) is 19.0 Å². The second-order valence-corrected chi connectivity index (χ2v) is 11.5. The molecule has 1 aliphatic rings.